The average Bonchev–Trinajstić information content (AvgIpc) is 2.74. The number of ketones is 1. The number of carboxylic acid groups (broad SMARTS) is 2. The number of likely N-dealkylation sites (tertiary alicyclic amines) is 1. The van der Waals surface area contributed by atoms with Gasteiger partial charge in [0.05, 0.1) is 11.0 Å². The van der Waals surface area contributed by atoms with Gasteiger partial charge in [0.2, 0.25) is 0 Å². The van der Waals surface area contributed by atoms with E-state index in [9.17, 15) is 14.7 Å². The molecule has 0 unspecified atom stereocenters. The molecular formula is C23H31N3O6. The van der Waals surface area contributed by atoms with Gasteiger partial charge in [0.15, 0.2) is 0 Å². The van der Waals surface area contributed by atoms with Crippen molar-refractivity contribution in [3.63, 3.8) is 0 Å². The minimum Gasteiger partial charge on any atom is -0.508 e. The highest BCUT2D eigenvalue weighted by atomic mass is 16.4. The second-order valence-electron chi connectivity index (χ2n) is 7.44. The van der Waals surface area contributed by atoms with Crippen LogP contribution in [0.4, 0.5) is 10.5 Å². The van der Waals surface area contributed by atoms with Gasteiger partial charge in [-0.05, 0) is 62.8 Å². The molecule has 0 bridgehead atoms. The molecule has 0 aromatic heterocycles. The molecule has 1 amide bonds. The Hall–Kier alpha value is -3.59. The first-order chi connectivity index (χ1) is 15.0. The van der Waals surface area contributed by atoms with Crippen molar-refractivity contribution in [2.75, 3.05) is 25.9 Å². The van der Waals surface area contributed by atoms with Gasteiger partial charge >= 0.3 is 12.1 Å². The number of phenols is 1. The second kappa shape index (κ2) is 12.3. The molecule has 1 aliphatic rings. The van der Waals surface area contributed by atoms with Gasteiger partial charge in [0, 0.05) is 12.1 Å². The third kappa shape index (κ3) is 7.59. The lowest BCUT2D eigenvalue weighted by Crippen LogP contribution is -2.45. The number of carbonyl (C=O) groups is 3. The van der Waals surface area contributed by atoms with Gasteiger partial charge in [-0.2, -0.15) is 0 Å². The Balaban J connectivity index is 0.000000307. The third-order valence-electron chi connectivity index (χ3n) is 5.29. The maximum Gasteiger partial charge on any atom is 0.402 e. The van der Waals surface area contributed by atoms with Crippen molar-refractivity contribution >= 4 is 23.5 Å². The van der Waals surface area contributed by atoms with Gasteiger partial charge in [-0.1, -0.05) is 31.2 Å². The van der Waals surface area contributed by atoms with Crippen LogP contribution in [-0.2, 0) is 10.2 Å². The Bertz CT molecular complexity index is 919. The molecule has 7 N–H and O–H groups in total. The summed E-state index contributed by atoms with van der Waals surface area (Å²) in [4.78, 5) is 33.8. The number of anilines is 1. The van der Waals surface area contributed by atoms with Crippen LogP contribution in [0.25, 0.3) is 0 Å². The van der Waals surface area contributed by atoms with Crippen molar-refractivity contribution < 1.29 is 29.7 Å². The van der Waals surface area contributed by atoms with Crippen molar-refractivity contribution in [2.45, 2.75) is 31.6 Å². The number of phenolic OH excluding ortho intramolecular Hbond substituents is 1. The maximum absolute atomic E-state index is 12.4. The molecule has 0 atom stereocenters. The molecule has 1 fully saturated rings. The van der Waals surface area contributed by atoms with E-state index in [1.807, 2.05) is 19.1 Å². The second-order valence-corrected chi connectivity index (χ2v) is 7.44. The molecule has 2 aromatic carbocycles. The summed E-state index contributed by atoms with van der Waals surface area (Å²) in [5.41, 5.74) is 10.4. The molecule has 0 spiro atoms. The number of nitrogen functional groups attached to an aromatic ring is 1. The summed E-state index contributed by atoms with van der Waals surface area (Å²) in [5, 5.41) is 25.3. The standard InChI is InChI=1S/C15H21NO2.C7H7NO2.CH3NO2/c1-3-14(18)15(7-9-16(2)10-8-15)12-5-4-6-13(17)11-12;8-6-4-2-1-3-5(6)7(9)10;2-1(3)4/h4-6,11,17H,3,7-10H2,1-2H3;1-4H,8H2,(H,9,10);2H2,(H,3,4). The Morgan fingerprint density at radius 1 is 1.03 bits per heavy atom. The molecule has 0 aliphatic carbocycles. The van der Waals surface area contributed by atoms with Crippen LogP contribution in [0.1, 0.15) is 42.1 Å². The summed E-state index contributed by atoms with van der Waals surface area (Å²) < 4.78 is 0. The fourth-order valence-corrected chi connectivity index (χ4v) is 3.56. The van der Waals surface area contributed by atoms with E-state index in [-0.39, 0.29) is 16.7 Å². The van der Waals surface area contributed by atoms with Crippen molar-refractivity contribution in [3.8, 4) is 5.75 Å². The quantitative estimate of drug-likeness (QED) is 0.448. The van der Waals surface area contributed by atoms with Crippen LogP contribution in [0.5, 0.6) is 5.75 Å². The monoisotopic (exact) mass is 445 g/mol. The number of rotatable bonds is 4. The fraction of sp³-hybridized carbons (Fsp3) is 0.348. The molecule has 1 saturated heterocycles. The van der Waals surface area contributed by atoms with Gasteiger partial charge in [-0.25, -0.2) is 9.59 Å². The Kier molecular flexibility index (Phi) is 10.2. The van der Waals surface area contributed by atoms with Gasteiger partial charge in [0.1, 0.15) is 11.5 Å². The van der Waals surface area contributed by atoms with Crippen LogP contribution in [0.15, 0.2) is 48.5 Å². The van der Waals surface area contributed by atoms with E-state index < -0.39 is 12.1 Å². The zero-order chi connectivity index (χ0) is 24.3. The minimum absolute atomic E-state index is 0.155. The first kappa shape index (κ1) is 26.4. The molecular weight excluding hydrogens is 414 g/mol. The number of hydrogen-bond acceptors (Lipinski definition) is 6. The predicted molar refractivity (Wildman–Crippen MR) is 122 cm³/mol. The average molecular weight is 446 g/mol. The molecule has 9 heteroatoms. The number of benzene rings is 2. The highest BCUT2D eigenvalue weighted by molar-refractivity contribution is 5.93. The minimum atomic E-state index is -1.33. The van der Waals surface area contributed by atoms with E-state index in [0.717, 1.165) is 31.5 Å². The largest absolute Gasteiger partial charge is 0.508 e. The summed E-state index contributed by atoms with van der Waals surface area (Å²) in [5.74, 6) is -0.450. The van der Waals surface area contributed by atoms with E-state index in [2.05, 4.69) is 17.7 Å². The number of carboxylic acids is 1. The molecule has 3 rings (SSSR count). The Morgan fingerprint density at radius 3 is 2.03 bits per heavy atom. The Morgan fingerprint density at radius 2 is 1.59 bits per heavy atom. The number of Topliss-reactive ketones (excluding diaryl/α,β-unsaturated/α-hetero) is 1. The summed E-state index contributed by atoms with van der Waals surface area (Å²) in [6, 6.07) is 13.6. The smallest absolute Gasteiger partial charge is 0.402 e. The van der Waals surface area contributed by atoms with Crippen LogP contribution in [0.3, 0.4) is 0 Å². The summed E-state index contributed by atoms with van der Waals surface area (Å²) in [6.07, 6.45) is 0.915. The number of piperidine rings is 1. The van der Waals surface area contributed by atoms with E-state index in [4.69, 9.17) is 20.7 Å². The van der Waals surface area contributed by atoms with E-state index in [1.165, 1.54) is 6.07 Å². The highest BCUT2D eigenvalue weighted by Crippen LogP contribution is 2.38. The van der Waals surface area contributed by atoms with E-state index >= 15 is 0 Å². The number of nitrogens with zero attached hydrogens (tertiary/aromatic N) is 1. The van der Waals surface area contributed by atoms with E-state index in [1.54, 1.807) is 30.3 Å². The maximum atomic E-state index is 12.4. The first-order valence-electron chi connectivity index (χ1n) is 10.1. The van der Waals surface area contributed by atoms with Gasteiger partial charge in [-0.15, -0.1) is 0 Å². The number of aromatic carboxylic acids is 1. The topological polar surface area (TPSA) is 167 Å². The van der Waals surface area contributed by atoms with Crippen LogP contribution in [0, 0.1) is 0 Å². The van der Waals surface area contributed by atoms with Crippen molar-refractivity contribution in [1.29, 1.82) is 0 Å². The zero-order valence-electron chi connectivity index (χ0n) is 18.3. The number of amides is 1. The molecule has 32 heavy (non-hydrogen) atoms. The van der Waals surface area contributed by atoms with Crippen LogP contribution in [-0.4, -0.2) is 58.2 Å². The lowest BCUT2D eigenvalue weighted by atomic mass is 9.69. The van der Waals surface area contributed by atoms with Gasteiger partial charge < -0.3 is 31.7 Å². The molecule has 0 saturated carbocycles. The highest BCUT2D eigenvalue weighted by Gasteiger charge is 2.40. The first-order valence-corrected chi connectivity index (χ1v) is 10.1. The summed E-state index contributed by atoms with van der Waals surface area (Å²) >= 11 is 0. The number of primary amides is 1. The van der Waals surface area contributed by atoms with Crippen molar-refractivity contribution in [2.24, 2.45) is 5.73 Å². The van der Waals surface area contributed by atoms with E-state index in [0.29, 0.717) is 17.9 Å². The van der Waals surface area contributed by atoms with Crippen LogP contribution < -0.4 is 11.5 Å². The molecule has 174 valence electrons. The summed E-state index contributed by atoms with van der Waals surface area (Å²) in [7, 11) is 2.09. The third-order valence-corrected chi connectivity index (χ3v) is 5.29. The van der Waals surface area contributed by atoms with Gasteiger partial charge in [-0.3, -0.25) is 4.79 Å². The SMILES string of the molecule is CCC(=O)C1(c2cccc(O)c2)CCN(C)CC1.NC(=O)O.Nc1ccccc1C(=O)O. The van der Waals surface area contributed by atoms with Crippen LogP contribution in [0.2, 0.25) is 0 Å². The normalized spacial score (nSPS) is 14.7. The Labute approximate surface area is 187 Å². The molecule has 1 heterocycles. The van der Waals surface area contributed by atoms with Crippen LogP contribution >= 0.6 is 0 Å². The van der Waals surface area contributed by atoms with Crippen molar-refractivity contribution in [1.82, 2.24) is 4.90 Å². The molecule has 1 aliphatic heterocycles. The molecule has 0 radical (unpaired) electrons. The number of carbonyl (C=O) groups excluding carboxylic acids is 1. The lowest BCUT2D eigenvalue weighted by Gasteiger charge is -2.40. The zero-order valence-corrected chi connectivity index (χ0v) is 18.3. The van der Waals surface area contributed by atoms with Crippen molar-refractivity contribution in [3.05, 3.63) is 59.7 Å². The number of nitrogens with two attached hydrogens (primary N) is 2. The molecule has 9 nitrogen and oxygen atoms in total. The number of aromatic hydroxyl groups is 1. The fourth-order valence-electron chi connectivity index (χ4n) is 3.56. The number of hydrogen-bond donors (Lipinski definition) is 5. The summed E-state index contributed by atoms with van der Waals surface area (Å²) in [6.45, 7) is 3.79. The van der Waals surface area contributed by atoms with Gasteiger partial charge in [0.25, 0.3) is 0 Å². The lowest BCUT2D eigenvalue weighted by molar-refractivity contribution is -0.126. The molecule has 2 aromatic rings. The predicted octanol–water partition coefficient (Wildman–Crippen LogP) is 2.92. The number of para-hydroxylation sites is 1.